The molecule has 1 aromatic heterocycles. The third-order valence-electron chi connectivity index (χ3n) is 1.63. The molecule has 72 valence electrons. The lowest BCUT2D eigenvalue weighted by Crippen LogP contribution is -2.11. The molecule has 0 aliphatic heterocycles. The normalized spacial score (nSPS) is 11.7. The van der Waals surface area contributed by atoms with Crippen LogP contribution in [0.3, 0.4) is 0 Å². The molecule has 0 aliphatic rings. The molecule has 0 aromatic carbocycles. The zero-order chi connectivity index (χ0) is 9.90. The van der Waals surface area contributed by atoms with Crippen LogP contribution in [0.15, 0.2) is 12.4 Å². The quantitative estimate of drug-likeness (QED) is 0.751. The summed E-state index contributed by atoms with van der Waals surface area (Å²) in [6, 6.07) is 0. The van der Waals surface area contributed by atoms with Crippen molar-refractivity contribution < 1.29 is 5.11 Å². The van der Waals surface area contributed by atoms with Gasteiger partial charge in [-0.1, -0.05) is 20.8 Å². The number of nitrogens with zero attached hydrogens (tertiary/aromatic N) is 2. The van der Waals surface area contributed by atoms with Crippen molar-refractivity contribution in [2.75, 3.05) is 0 Å². The summed E-state index contributed by atoms with van der Waals surface area (Å²) in [5.41, 5.74) is 1.83. The Morgan fingerprint density at radius 2 is 1.69 bits per heavy atom. The molecule has 1 aromatic rings. The van der Waals surface area contributed by atoms with E-state index in [1.54, 1.807) is 12.4 Å². The molecule has 0 spiro atoms. The molecular formula is C10H16N2O. The Morgan fingerprint density at radius 3 is 2.08 bits per heavy atom. The van der Waals surface area contributed by atoms with Crippen LogP contribution < -0.4 is 0 Å². The summed E-state index contributed by atoms with van der Waals surface area (Å²) in [7, 11) is 0. The van der Waals surface area contributed by atoms with Crippen molar-refractivity contribution in [1.82, 2.24) is 9.97 Å². The molecular weight excluding hydrogens is 164 g/mol. The van der Waals surface area contributed by atoms with Crippen molar-refractivity contribution in [3.05, 3.63) is 23.8 Å². The van der Waals surface area contributed by atoms with E-state index in [0.29, 0.717) is 5.69 Å². The minimum Gasteiger partial charge on any atom is -0.390 e. The molecule has 0 amide bonds. The molecule has 1 heterocycles. The van der Waals surface area contributed by atoms with E-state index in [2.05, 4.69) is 30.7 Å². The second-order valence-electron chi connectivity index (χ2n) is 4.39. The van der Waals surface area contributed by atoms with Gasteiger partial charge in [0.2, 0.25) is 0 Å². The maximum Gasteiger partial charge on any atom is 0.0868 e. The van der Waals surface area contributed by atoms with Gasteiger partial charge in [0.05, 0.1) is 24.2 Å². The molecule has 13 heavy (non-hydrogen) atoms. The summed E-state index contributed by atoms with van der Waals surface area (Å²) in [6.45, 7) is 6.45. The first-order valence-corrected chi connectivity index (χ1v) is 4.42. The number of aliphatic hydroxyl groups excluding tert-OH is 1. The minimum atomic E-state index is -0.0389. The van der Waals surface area contributed by atoms with Gasteiger partial charge in [0.15, 0.2) is 0 Å². The third-order valence-corrected chi connectivity index (χ3v) is 1.63. The zero-order valence-corrected chi connectivity index (χ0v) is 8.41. The van der Waals surface area contributed by atoms with Gasteiger partial charge in [-0.2, -0.15) is 0 Å². The Labute approximate surface area is 78.9 Å². The molecule has 0 radical (unpaired) electrons. The molecule has 3 heteroatoms. The van der Waals surface area contributed by atoms with E-state index in [4.69, 9.17) is 5.11 Å². The number of aromatic nitrogens is 2. The fourth-order valence-corrected chi connectivity index (χ4v) is 1.10. The SMILES string of the molecule is CC(C)(C)Cc1cnc(CO)cn1. The highest BCUT2D eigenvalue weighted by Crippen LogP contribution is 2.18. The van der Waals surface area contributed by atoms with E-state index < -0.39 is 0 Å². The molecule has 0 bridgehead atoms. The standard InChI is InChI=1S/C10H16N2O/c1-10(2,3)4-8-5-12-9(7-13)6-11-8/h5-6,13H,4,7H2,1-3H3. The van der Waals surface area contributed by atoms with Crippen LogP contribution in [0.4, 0.5) is 0 Å². The van der Waals surface area contributed by atoms with E-state index in [1.807, 2.05) is 0 Å². The lowest BCUT2D eigenvalue weighted by atomic mass is 9.91. The summed E-state index contributed by atoms with van der Waals surface area (Å²) in [6.07, 6.45) is 4.27. The van der Waals surface area contributed by atoms with Gasteiger partial charge in [0, 0.05) is 6.20 Å². The Balaban J connectivity index is 2.70. The van der Waals surface area contributed by atoms with Gasteiger partial charge >= 0.3 is 0 Å². The summed E-state index contributed by atoms with van der Waals surface area (Å²) < 4.78 is 0. The van der Waals surface area contributed by atoms with Crippen LogP contribution in [0.1, 0.15) is 32.2 Å². The molecule has 0 unspecified atom stereocenters. The van der Waals surface area contributed by atoms with Gasteiger partial charge in [0.25, 0.3) is 0 Å². The first kappa shape index (κ1) is 10.1. The first-order valence-electron chi connectivity index (χ1n) is 4.42. The van der Waals surface area contributed by atoms with Crippen LogP contribution in [0.5, 0.6) is 0 Å². The van der Waals surface area contributed by atoms with Crippen molar-refractivity contribution >= 4 is 0 Å². The van der Waals surface area contributed by atoms with Crippen LogP contribution in [0.2, 0.25) is 0 Å². The monoisotopic (exact) mass is 180 g/mol. The predicted octanol–water partition coefficient (Wildman–Crippen LogP) is 1.56. The smallest absolute Gasteiger partial charge is 0.0868 e. The highest BCUT2D eigenvalue weighted by atomic mass is 16.3. The minimum absolute atomic E-state index is 0.0389. The number of aliphatic hydroxyl groups is 1. The van der Waals surface area contributed by atoms with Gasteiger partial charge < -0.3 is 5.11 Å². The van der Waals surface area contributed by atoms with Crippen molar-refractivity contribution in [3.8, 4) is 0 Å². The highest BCUT2D eigenvalue weighted by Gasteiger charge is 2.12. The molecule has 0 saturated heterocycles. The van der Waals surface area contributed by atoms with Crippen molar-refractivity contribution in [2.45, 2.75) is 33.8 Å². The van der Waals surface area contributed by atoms with Crippen molar-refractivity contribution in [1.29, 1.82) is 0 Å². The summed E-state index contributed by atoms with van der Waals surface area (Å²) in [5, 5.41) is 8.76. The molecule has 1 N–H and O–H groups in total. The zero-order valence-electron chi connectivity index (χ0n) is 8.41. The van der Waals surface area contributed by atoms with Crippen molar-refractivity contribution in [3.63, 3.8) is 0 Å². The molecule has 3 nitrogen and oxygen atoms in total. The van der Waals surface area contributed by atoms with Crippen LogP contribution >= 0.6 is 0 Å². The predicted molar refractivity (Wildman–Crippen MR) is 51.1 cm³/mol. The summed E-state index contributed by atoms with van der Waals surface area (Å²) >= 11 is 0. The van der Waals surface area contributed by atoms with E-state index in [-0.39, 0.29) is 12.0 Å². The second kappa shape index (κ2) is 3.83. The summed E-state index contributed by atoms with van der Waals surface area (Å²) in [5.74, 6) is 0. The van der Waals surface area contributed by atoms with Gasteiger partial charge in [-0.3, -0.25) is 9.97 Å². The number of hydrogen-bond donors (Lipinski definition) is 1. The molecule has 1 rings (SSSR count). The van der Waals surface area contributed by atoms with Crippen LogP contribution in [0.25, 0.3) is 0 Å². The first-order chi connectivity index (χ1) is 6.01. The van der Waals surface area contributed by atoms with E-state index in [9.17, 15) is 0 Å². The van der Waals surface area contributed by atoms with Gasteiger partial charge in [0.1, 0.15) is 0 Å². The molecule has 0 aliphatic carbocycles. The lowest BCUT2D eigenvalue weighted by Gasteiger charge is -2.16. The Morgan fingerprint density at radius 1 is 1.15 bits per heavy atom. The fourth-order valence-electron chi connectivity index (χ4n) is 1.10. The average Bonchev–Trinajstić information content (AvgIpc) is 2.03. The van der Waals surface area contributed by atoms with E-state index in [0.717, 1.165) is 12.1 Å². The van der Waals surface area contributed by atoms with Gasteiger partial charge in [-0.05, 0) is 11.8 Å². The van der Waals surface area contributed by atoms with Crippen LogP contribution in [-0.2, 0) is 13.0 Å². The molecule has 0 atom stereocenters. The maximum absolute atomic E-state index is 8.76. The topological polar surface area (TPSA) is 46.0 Å². The van der Waals surface area contributed by atoms with Crippen molar-refractivity contribution in [2.24, 2.45) is 5.41 Å². The highest BCUT2D eigenvalue weighted by molar-refractivity contribution is 5.03. The number of hydrogen-bond acceptors (Lipinski definition) is 3. The Kier molecular flexibility index (Phi) is 2.98. The van der Waals surface area contributed by atoms with Gasteiger partial charge in [-0.15, -0.1) is 0 Å². The Bertz CT molecular complexity index is 261. The lowest BCUT2D eigenvalue weighted by molar-refractivity contribution is 0.276. The molecule has 0 fully saturated rings. The van der Waals surface area contributed by atoms with Crippen LogP contribution in [0, 0.1) is 5.41 Å². The number of rotatable bonds is 2. The largest absolute Gasteiger partial charge is 0.390 e. The second-order valence-corrected chi connectivity index (χ2v) is 4.39. The van der Waals surface area contributed by atoms with E-state index >= 15 is 0 Å². The fraction of sp³-hybridized carbons (Fsp3) is 0.600. The Hall–Kier alpha value is -0.960. The molecule has 0 saturated carbocycles. The maximum atomic E-state index is 8.76. The van der Waals surface area contributed by atoms with Gasteiger partial charge in [-0.25, -0.2) is 0 Å². The average molecular weight is 180 g/mol. The van der Waals surface area contributed by atoms with E-state index in [1.165, 1.54) is 0 Å². The van der Waals surface area contributed by atoms with Crippen LogP contribution in [-0.4, -0.2) is 15.1 Å². The summed E-state index contributed by atoms with van der Waals surface area (Å²) in [4.78, 5) is 8.28. The third kappa shape index (κ3) is 3.51.